The molecule has 8 rings (SSSR count). The zero-order chi connectivity index (χ0) is 37.9. The summed E-state index contributed by atoms with van der Waals surface area (Å²) in [6.45, 7) is 12.1. The predicted octanol–water partition coefficient (Wildman–Crippen LogP) is 0.252. The molecule has 300 valence electrons. The summed E-state index contributed by atoms with van der Waals surface area (Å²) in [6.07, 6.45) is -9.33. The molecule has 4 saturated heterocycles. The molecule has 8 N–H and O–H groups in total. The molecular formula is C39H60O14. The summed E-state index contributed by atoms with van der Waals surface area (Å²) in [5, 5.41) is 86.1. The van der Waals surface area contributed by atoms with E-state index in [1.54, 1.807) is 0 Å². The molecule has 14 heteroatoms. The second-order valence-electron chi connectivity index (χ2n) is 18.1. The third-order valence-corrected chi connectivity index (χ3v) is 15.4. The van der Waals surface area contributed by atoms with E-state index in [2.05, 4.69) is 33.4 Å². The minimum absolute atomic E-state index is 0.00556. The fraction of sp³-hybridized carbons (Fsp3) is 0.897. The molecule has 0 amide bonds. The molecule has 7 fully saturated rings. The van der Waals surface area contributed by atoms with Crippen molar-refractivity contribution in [3.63, 3.8) is 0 Å². The van der Waals surface area contributed by atoms with Gasteiger partial charge >= 0.3 is 0 Å². The summed E-state index contributed by atoms with van der Waals surface area (Å²) in [7, 11) is 0. The van der Waals surface area contributed by atoms with Crippen molar-refractivity contribution in [2.45, 2.75) is 164 Å². The summed E-state index contributed by atoms with van der Waals surface area (Å²) >= 11 is 0. The number of ether oxygens (including phenoxy) is 6. The Balaban J connectivity index is 1.06. The van der Waals surface area contributed by atoms with E-state index in [-0.39, 0.29) is 41.6 Å². The van der Waals surface area contributed by atoms with Gasteiger partial charge in [-0.2, -0.15) is 0 Å². The maximum absolute atomic E-state index is 11.3. The predicted molar refractivity (Wildman–Crippen MR) is 184 cm³/mol. The van der Waals surface area contributed by atoms with Gasteiger partial charge in [-0.15, -0.1) is 0 Å². The van der Waals surface area contributed by atoms with Crippen molar-refractivity contribution in [3.05, 3.63) is 23.8 Å². The largest absolute Gasteiger partial charge is 0.394 e. The first-order valence-electron chi connectivity index (χ1n) is 19.7. The molecule has 0 aromatic heterocycles. The van der Waals surface area contributed by atoms with Gasteiger partial charge in [0.1, 0.15) is 48.8 Å². The van der Waals surface area contributed by atoms with Crippen molar-refractivity contribution in [2.75, 3.05) is 13.2 Å². The lowest BCUT2D eigenvalue weighted by molar-refractivity contribution is -0.374. The van der Waals surface area contributed by atoms with Crippen molar-refractivity contribution in [1.82, 2.24) is 0 Å². The molecule has 0 aromatic carbocycles. The maximum atomic E-state index is 11.3. The Kier molecular flexibility index (Phi) is 10.1. The average molecular weight is 753 g/mol. The first kappa shape index (κ1) is 38.8. The van der Waals surface area contributed by atoms with Crippen LogP contribution in [0.5, 0.6) is 0 Å². The lowest BCUT2D eigenvalue weighted by Crippen LogP contribution is -2.65. The highest BCUT2D eigenvalue weighted by molar-refractivity contribution is 5.29. The SMILES string of the molecule is C=C1CO[C@@]2(O[C@H]3C[C@H]4[C@@H]5CC=C6C[C@@H](O)C[C@@H](O[C@@H]7O[C@H](CO)[C@H](O)[C@H](O)[C@H]7O[C@@H]7O[C@@H](C)[C@H](O)[C@@H](O)[C@H]7O)[C@]6(C)[C@H]5CC[C@]4(C)[C@H]3[C@@H]2C)[C@@H](O)C1. The number of hydrogen-bond donors (Lipinski definition) is 8. The van der Waals surface area contributed by atoms with Gasteiger partial charge in [-0.25, -0.2) is 0 Å². The van der Waals surface area contributed by atoms with Gasteiger partial charge in [-0.05, 0) is 73.7 Å². The molecule has 3 saturated carbocycles. The lowest BCUT2D eigenvalue weighted by Gasteiger charge is -2.60. The third kappa shape index (κ3) is 5.80. The van der Waals surface area contributed by atoms with Crippen LogP contribution >= 0.6 is 0 Å². The van der Waals surface area contributed by atoms with E-state index in [9.17, 15) is 40.9 Å². The average Bonchev–Trinajstić information content (AvgIpc) is 3.57. The van der Waals surface area contributed by atoms with Gasteiger partial charge < -0.3 is 69.3 Å². The lowest BCUT2D eigenvalue weighted by atomic mass is 9.46. The van der Waals surface area contributed by atoms with Crippen molar-refractivity contribution in [1.29, 1.82) is 0 Å². The summed E-state index contributed by atoms with van der Waals surface area (Å²) in [6, 6.07) is 0. The first-order valence-corrected chi connectivity index (χ1v) is 19.7. The molecular weight excluding hydrogens is 692 g/mol. The first-order chi connectivity index (χ1) is 25.0. The summed E-state index contributed by atoms with van der Waals surface area (Å²) in [5.41, 5.74) is 1.39. The Morgan fingerprint density at radius 1 is 0.868 bits per heavy atom. The van der Waals surface area contributed by atoms with Gasteiger partial charge in [0.05, 0.1) is 37.6 Å². The van der Waals surface area contributed by atoms with Crippen LogP contribution in [-0.4, -0.2) is 146 Å². The highest BCUT2D eigenvalue weighted by Crippen LogP contribution is 2.71. The Labute approximate surface area is 310 Å². The van der Waals surface area contributed by atoms with Gasteiger partial charge in [0.25, 0.3) is 0 Å². The van der Waals surface area contributed by atoms with Crippen LogP contribution < -0.4 is 0 Å². The van der Waals surface area contributed by atoms with Gasteiger partial charge in [-0.3, -0.25) is 0 Å². The quantitative estimate of drug-likeness (QED) is 0.177. The van der Waals surface area contributed by atoms with Gasteiger partial charge in [0.2, 0.25) is 0 Å². The third-order valence-electron chi connectivity index (χ3n) is 15.4. The summed E-state index contributed by atoms with van der Waals surface area (Å²) in [5.74, 6) is -0.0216. The summed E-state index contributed by atoms with van der Waals surface area (Å²) < 4.78 is 37.7. The molecule has 1 spiro atoms. The Bertz CT molecular complexity index is 1430. The molecule has 0 aromatic rings. The van der Waals surface area contributed by atoms with Crippen LogP contribution in [0, 0.1) is 40.4 Å². The van der Waals surface area contributed by atoms with Crippen LogP contribution in [0.4, 0.5) is 0 Å². The molecule has 0 unspecified atom stereocenters. The number of hydrogen-bond acceptors (Lipinski definition) is 14. The van der Waals surface area contributed by atoms with E-state index < -0.39 is 97.5 Å². The van der Waals surface area contributed by atoms with Crippen LogP contribution in [0.3, 0.4) is 0 Å². The molecule has 22 atom stereocenters. The maximum Gasteiger partial charge on any atom is 0.198 e. The molecule has 14 nitrogen and oxygen atoms in total. The van der Waals surface area contributed by atoms with E-state index in [4.69, 9.17) is 28.4 Å². The van der Waals surface area contributed by atoms with E-state index in [1.807, 2.05) is 0 Å². The van der Waals surface area contributed by atoms with Gasteiger partial charge in [0.15, 0.2) is 18.4 Å². The van der Waals surface area contributed by atoms with Gasteiger partial charge in [0, 0.05) is 24.2 Å². The fourth-order valence-electron chi connectivity index (χ4n) is 12.6. The smallest absolute Gasteiger partial charge is 0.198 e. The fourth-order valence-corrected chi connectivity index (χ4v) is 12.6. The minimum atomic E-state index is -1.68. The highest BCUT2D eigenvalue weighted by Gasteiger charge is 2.71. The zero-order valence-corrected chi connectivity index (χ0v) is 31.1. The van der Waals surface area contributed by atoms with Crippen LogP contribution in [0.2, 0.25) is 0 Å². The molecule has 0 radical (unpaired) electrons. The van der Waals surface area contributed by atoms with Crippen LogP contribution in [0.25, 0.3) is 0 Å². The van der Waals surface area contributed by atoms with Gasteiger partial charge in [-0.1, -0.05) is 39.0 Å². The van der Waals surface area contributed by atoms with Crippen LogP contribution in [0.15, 0.2) is 23.8 Å². The molecule has 0 bridgehead atoms. The topological polar surface area (TPSA) is 217 Å². The number of aliphatic hydroxyl groups excluding tert-OH is 8. The molecule has 8 aliphatic rings. The van der Waals surface area contributed by atoms with E-state index in [0.29, 0.717) is 25.4 Å². The number of allylic oxidation sites excluding steroid dienone is 1. The van der Waals surface area contributed by atoms with Crippen LogP contribution in [0.1, 0.15) is 72.6 Å². The standard InChI is InChI=1S/C39H60O14/c1-16-10-26(42)39(48-15-16)17(2)28-24(53-39)13-23-21-7-6-19-11-20(41)12-27(38(19,5)22(21)8-9-37(23,28)4)51-36-34(32(46)30(44)25(14-40)50-36)52-35-33(47)31(45)29(43)18(3)49-35/h6,17-18,20-36,40-47H,1,7-15H2,2-5H3/t17-,18-,20+,21+,22-,23-,24-,25+,26-,27+,28-,29-,30-,31+,32-,33+,34+,35-,36-,37-,38-,39-/m0/s1. The Morgan fingerprint density at radius 3 is 2.34 bits per heavy atom. The van der Waals surface area contributed by atoms with E-state index >= 15 is 0 Å². The Morgan fingerprint density at radius 2 is 1.62 bits per heavy atom. The monoisotopic (exact) mass is 752 g/mol. The second-order valence-corrected chi connectivity index (χ2v) is 18.1. The van der Waals surface area contributed by atoms with Crippen molar-refractivity contribution < 1.29 is 69.3 Å². The molecule has 4 aliphatic heterocycles. The normalized spacial score (nSPS) is 58.1. The zero-order valence-electron chi connectivity index (χ0n) is 31.1. The molecule has 53 heavy (non-hydrogen) atoms. The second kappa shape index (κ2) is 13.8. The Hall–Kier alpha value is -1.08. The minimum Gasteiger partial charge on any atom is -0.394 e. The van der Waals surface area contributed by atoms with Crippen molar-refractivity contribution >= 4 is 0 Å². The van der Waals surface area contributed by atoms with Crippen molar-refractivity contribution in [3.8, 4) is 0 Å². The van der Waals surface area contributed by atoms with E-state index in [0.717, 1.165) is 36.8 Å². The number of fused-ring (bicyclic) bond motifs is 7. The molecule has 4 heterocycles. The number of rotatable bonds is 5. The van der Waals surface area contributed by atoms with Crippen LogP contribution in [-0.2, 0) is 28.4 Å². The highest BCUT2D eigenvalue weighted by atomic mass is 16.8. The van der Waals surface area contributed by atoms with Crippen molar-refractivity contribution in [2.24, 2.45) is 40.4 Å². The molecule has 4 aliphatic carbocycles. The van der Waals surface area contributed by atoms with E-state index in [1.165, 1.54) is 6.92 Å². The summed E-state index contributed by atoms with van der Waals surface area (Å²) in [4.78, 5) is 0. The number of aliphatic hydroxyl groups is 8.